The Morgan fingerprint density at radius 1 is 1.00 bits per heavy atom. The van der Waals surface area contributed by atoms with Gasteiger partial charge < -0.3 is 9.64 Å². The molecule has 0 aromatic heterocycles. The third kappa shape index (κ3) is 2.84. The fraction of sp³-hybridized carbons (Fsp3) is 0.458. The molecule has 0 radical (unpaired) electrons. The lowest BCUT2D eigenvalue weighted by Gasteiger charge is -2.50. The van der Waals surface area contributed by atoms with Gasteiger partial charge in [-0.1, -0.05) is 24.3 Å². The molecule has 0 amide bonds. The number of halogens is 2. The predicted molar refractivity (Wildman–Crippen MR) is 110 cm³/mol. The molecule has 0 saturated carbocycles. The van der Waals surface area contributed by atoms with E-state index in [4.69, 9.17) is 9.73 Å². The van der Waals surface area contributed by atoms with Gasteiger partial charge in [-0.3, -0.25) is 4.90 Å². The van der Waals surface area contributed by atoms with Crippen LogP contribution in [0.15, 0.2) is 47.5 Å². The van der Waals surface area contributed by atoms with Crippen LogP contribution in [0.3, 0.4) is 0 Å². The van der Waals surface area contributed by atoms with Gasteiger partial charge in [-0.15, -0.1) is 0 Å². The Morgan fingerprint density at radius 3 is 2.50 bits per heavy atom. The molecule has 7 rings (SSSR count). The van der Waals surface area contributed by atoms with Crippen molar-refractivity contribution in [3.8, 4) is 0 Å². The van der Waals surface area contributed by atoms with E-state index in [1.54, 1.807) is 0 Å². The summed E-state index contributed by atoms with van der Waals surface area (Å²) in [6.45, 7) is 4.60. The van der Waals surface area contributed by atoms with E-state index in [1.165, 1.54) is 17.7 Å². The highest BCUT2D eigenvalue weighted by Crippen LogP contribution is 2.43. The van der Waals surface area contributed by atoms with E-state index in [0.717, 1.165) is 50.5 Å². The fourth-order valence-electron chi connectivity index (χ4n) is 5.88. The maximum absolute atomic E-state index is 14.1. The van der Waals surface area contributed by atoms with Crippen molar-refractivity contribution < 1.29 is 13.5 Å². The molecule has 2 atom stereocenters. The number of amidine groups is 1. The highest BCUT2D eigenvalue weighted by atomic mass is 19.1. The van der Waals surface area contributed by atoms with E-state index in [1.807, 2.05) is 12.1 Å². The van der Waals surface area contributed by atoms with Crippen molar-refractivity contribution in [3.05, 3.63) is 70.8 Å². The number of benzene rings is 2. The van der Waals surface area contributed by atoms with Gasteiger partial charge in [0.05, 0.1) is 12.6 Å². The predicted octanol–water partition coefficient (Wildman–Crippen LogP) is 3.76. The maximum Gasteiger partial charge on any atom is 0.288 e. The van der Waals surface area contributed by atoms with Crippen LogP contribution in [0.2, 0.25) is 0 Å². The summed E-state index contributed by atoms with van der Waals surface area (Å²) >= 11 is 0. The van der Waals surface area contributed by atoms with Gasteiger partial charge in [-0.2, -0.15) is 0 Å². The highest BCUT2D eigenvalue weighted by Gasteiger charge is 2.53. The Morgan fingerprint density at radius 2 is 1.77 bits per heavy atom. The van der Waals surface area contributed by atoms with Crippen LogP contribution in [-0.4, -0.2) is 54.1 Å². The Hall–Kier alpha value is -2.47. The average Bonchev–Trinajstić information content (AvgIpc) is 3.16. The van der Waals surface area contributed by atoms with E-state index >= 15 is 0 Å². The van der Waals surface area contributed by atoms with Gasteiger partial charge in [0.1, 0.15) is 17.2 Å². The first-order chi connectivity index (χ1) is 14.6. The summed E-state index contributed by atoms with van der Waals surface area (Å²) in [5, 5.41) is 0. The molecule has 3 fully saturated rings. The topological polar surface area (TPSA) is 28.1 Å². The normalized spacial score (nSPS) is 32.1. The van der Waals surface area contributed by atoms with Crippen LogP contribution in [-0.2, 0) is 11.2 Å². The fourth-order valence-corrected chi connectivity index (χ4v) is 5.88. The van der Waals surface area contributed by atoms with Crippen LogP contribution in [0.4, 0.5) is 8.78 Å². The molecular formula is C24H25F2N3O. The van der Waals surface area contributed by atoms with Gasteiger partial charge in [0.25, 0.3) is 6.02 Å². The number of ether oxygens (including phenoxy) is 1. The van der Waals surface area contributed by atoms with E-state index in [2.05, 4.69) is 21.9 Å². The van der Waals surface area contributed by atoms with E-state index in [0.29, 0.717) is 30.6 Å². The van der Waals surface area contributed by atoms with Crippen molar-refractivity contribution in [2.45, 2.75) is 30.9 Å². The molecule has 2 aromatic carbocycles. The monoisotopic (exact) mass is 409 g/mol. The molecule has 5 aliphatic heterocycles. The summed E-state index contributed by atoms with van der Waals surface area (Å²) in [4.78, 5) is 9.44. The molecule has 2 bridgehead atoms. The zero-order valence-electron chi connectivity index (χ0n) is 16.9. The van der Waals surface area contributed by atoms with E-state index in [9.17, 15) is 8.78 Å². The lowest BCUT2D eigenvalue weighted by atomic mass is 9.75. The maximum atomic E-state index is 14.1. The summed E-state index contributed by atoms with van der Waals surface area (Å²) in [5.74, 6) is -0.585. The van der Waals surface area contributed by atoms with Crippen molar-refractivity contribution in [1.82, 2.24) is 9.80 Å². The first-order valence-electron chi connectivity index (χ1n) is 10.9. The van der Waals surface area contributed by atoms with Crippen LogP contribution < -0.4 is 0 Å². The second kappa shape index (κ2) is 6.77. The molecule has 1 spiro atoms. The number of piperidine rings is 3. The van der Waals surface area contributed by atoms with Crippen molar-refractivity contribution >= 4 is 6.02 Å². The molecule has 156 valence electrons. The number of fused-ring (bicyclic) bond motifs is 3. The summed E-state index contributed by atoms with van der Waals surface area (Å²) < 4.78 is 34.9. The summed E-state index contributed by atoms with van der Waals surface area (Å²) in [5.41, 5.74) is 2.64. The highest BCUT2D eigenvalue weighted by molar-refractivity contribution is 5.78. The molecule has 3 saturated heterocycles. The van der Waals surface area contributed by atoms with Crippen LogP contribution in [0.1, 0.15) is 35.6 Å². The second-order valence-electron chi connectivity index (χ2n) is 9.06. The minimum atomic E-state index is -0.559. The first kappa shape index (κ1) is 18.3. The number of hydrogen-bond acceptors (Lipinski definition) is 4. The molecule has 2 aromatic rings. The lowest BCUT2D eigenvalue weighted by Crippen LogP contribution is -2.61. The first-order valence-corrected chi connectivity index (χ1v) is 10.9. The SMILES string of the molecule is Fc1cc(F)cc([C@@H]2c3ccccc3CCN2C2=NC[C@@]3(CN4CCC3CC4)O2)c1. The van der Waals surface area contributed by atoms with Crippen LogP contribution in [0, 0.1) is 17.6 Å². The van der Waals surface area contributed by atoms with Gasteiger partial charge in [0.2, 0.25) is 0 Å². The zero-order chi connectivity index (χ0) is 20.3. The second-order valence-corrected chi connectivity index (χ2v) is 9.06. The number of rotatable bonds is 1. The lowest BCUT2D eigenvalue weighted by molar-refractivity contribution is -0.0895. The third-order valence-corrected chi connectivity index (χ3v) is 7.33. The molecule has 5 aliphatic rings. The molecule has 0 aliphatic carbocycles. The van der Waals surface area contributed by atoms with Gasteiger partial charge in [-0.05, 0) is 61.2 Å². The number of nitrogens with zero attached hydrogens (tertiary/aromatic N) is 3. The average molecular weight is 409 g/mol. The van der Waals surface area contributed by atoms with Gasteiger partial charge in [0.15, 0.2) is 0 Å². The molecule has 4 nitrogen and oxygen atoms in total. The van der Waals surface area contributed by atoms with Crippen molar-refractivity contribution in [2.75, 3.05) is 32.7 Å². The standard InChI is InChI=1S/C24H25F2N3O/c25-19-11-17(12-20(26)13-19)22-21-4-2-1-3-16(21)5-10-29(22)23-27-14-24(30-23)15-28-8-6-18(24)7-9-28/h1-4,11-13,18,22H,5-10,14-15H2/t22-,24+/m1/s1. The number of aliphatic imine (C=N–C) groups is 1. The third-order valence-electron chi connectivity index (χ3n) is 7.33. The Kier molecular flexibility index (Phi) is 4.13. The van der Waals surface area contributed by atoms with Crippen molar-refractivity contribution in [2.24, 2.45) is 10.9 Å². The van der Waals surface area contributed by atoms with Crippen LogP contribution in [0.25, 0.3) is 0 Å². The largest absolute Gasteiger partial charge is 0.455 e. The molecule has 0 N–H and O–H groups in total. The molecule has 30 heavy (non-hydrogen) atoms. The van der Waals surface area contributed by atoms with Gasteiger partial charge >= 0.3 is 0 Å². The minimum Gasteiger partial charge on any atom is -0.455 e. The minimum absolute atomic E-state index is 0.236. The summed E-state index contributed by atoms with van der Waals surface area (Å²) in [7, 11) is 0. The Bertz CT molecular complexity index is 997. The smallest absolute Gasteiger partial charge is 0.288 e. The van der Waals surface area contributed by atoms with Gasteiger partial charge in [0, 0.05) is 25.1 Å². The van der Waals surface area contributed by atoms with Crippen LogP contribution >= 0.6 is 0 Å². The molecule has 5 heterocycles. The molecule has 0 unspecified atom stereocenters. The molecular weight excluding hydrogens is 384 g/mol. The van der Waals surface area contributed by atoms with E-state index < -0.39 is 11.6 Å². The van der Waals surface area contributed by atoms with Crippen molar-refractivity contribution in [3.63, 3.8) is 0 Å². The summed E-state index contributed by atoms with van der Waals surface area (Å²) in [6.07, 6.45) is 3.17. The van der Waals surface area contributed by atoms with Crippen molar-refractivity contribution in [1.29, 1.82) is 0 Å². The van der Waals surface area contributed by atoms with E-state index in [-0.39, 0.29) is 11.6 Å². The van der Waals surface area contributed by atoms with Gasteiger partial charge in [-0.25, -0.2) is 13.8 Å². The quantitative estimate of drug-likeness (QED) is 0.718. The Balaban J connectivity index is 1.38. The molecule has 6 heteroatoms. The van der Waals surface area contributed by atoms with Crippen LogP contribution in [0.5, 0.6) is 0 Å². The Labute approximate surface area is 175 Å². The zero-order valence-corrected chi connectivity index (χ0v) is 16.9. The number of hydrogen-bond donors (Lipinski definition) is 0. The summed E-state index contributed by atoms with van der Waals surface area (Å²) in [6, 6.07) is 12.3.